The van der Waals surface area contributed by atoms with Gasteiger partial charge >= 0.3 is 0 Å². The van der Waals surface area contributed by atoms with Gasteiger partial charge in [-0.1, -0.05) is 17.7 Å². The van der Waals surface area contributed by atoms with E-state index in [4.69, 9.17) is 22.6 Å². The molecular weight excluding hydrogens is 416 g/mol. The summed E-state index contributed by atoms with van der Waals surface area (Å²) in [5, 5.41) is 18.5. The van der Waals surface area contributed by atoms with Crippen LogP contribution in [0.25, 0.3) is 17.0 Å². The number of aromatic nitrogens is 1. The molecule has 1 aromatic heterocycles. The third kappa shape index (κ3) is 3.58. The van der Waals surface area contributed by atoms with Gasteiger partial charge in [0.1, 0.15) is 12.0 Å². The quantitative estimate of drug-likeness (QED) is 0.424. The molecule has 0 unspecified atom stereocenters. The number of H-pyrrole nitrogens is 1. The molecule has 6 nitrogen and oxygen atoms in total. The predicted molar refractivity (Wildman–Crippen MR) is 112 cm³/mol. The maximum atomic E-state index is 14.9. The molecule has 0 aliphatic rings. The number of carbonyl (C=O) groups is 1. The molecule has 0 saturated carbocycles. The van der Waals surface area contributed by atoms with Crippen LogP contribution in [-0.2, 0) is 4.57 Å². The van der Waals surface area contributed by atoms with Crippen molar-refractivity contribution in [3.63, 3.8) is 0 Å². The van der Waals surface area contributed by atoms with Crippen molar-refractivity contribution >= 4 is 52.2 Å². The fourth-order valence-corrected chi connectivity index (χ4v) is 5.85. The van der Waals surface area contributed by atoms with Crippen LogP contribution in [0.4, 0.5) is 4.39 Å². The molecule has 0 bridgehead atoms. The number of rotatable bonds is 5. The number of benzene rings is 2. The number of amides is 1. The van der Waals surface area contributed by atoms with Crippen LogP contribution in [0.3, 0.4) is 0 Å². The number of aliphatic hydroxyl groups is 1. The summed E-state index contributed by atoms with van der Waals surface area (Å²) in [7, 11) is -3.92. The topological polar surface area (TPSA) is 120 Å². The van der Waals surface area contributed by atoms with Crippen LogP contribution in [-0.4, -0.2) is 22.3 Å². The first-order valence-electron chi connectivity index (χ1n) is 8.41. The van der Waals surface area contributed by atoms with Crippen LogP contribution >= 0.6 is 18.7 Å². The summed E-state index contributed by atoms with van der Waals surface area (Å²) >= 11 is 5.90. The molecule has 29 heavy (non-hydrogen) atoms. The molecule has 148 valence electrons. The van der Waals surface area contributed by atoms with E-state index in [-0.39, 0.29) is 32.2 Å². The highest BCUT2D eigenvalue weighted by Gasteiger charge is 2.36. The summed E-state index contributed by atoms with van der Waals surface area (Å²) in [6.07, 6.45) is 1.90. The van der Waals surface area contributed by atoms with Gasteiger partial charge in [0.05, 0.1) is 16.4 Å². The smallest absolute Gasteiger partial charge is 0.265 e. The van der Waals surface area contributed by atoms with Gasteiger partial charge in [0, 0.05) is 22.3 Å². The molecule has 1 amide bonds. The molecule has 3 aromatic rings. The van der Waals surface area contributed by atoms with E-state index >= 15 is 0 Å². The molecule has 0 fully saturated rings. The monoisotopic (exact) mass is 431 g/mol. The summed E-state index contributed by atoms with van der Waals surface area (Å²) in [5.74, 6) is -1.81. The van der Waals surface area contributed by atoms with Gasteiger partial charge in [0.2, 0.25) is 0 Å². The molecule has 1 heterocycles. The Labute approximate surface area is 170 Å². The highest BCUT2D eigenvalue weighted by Crippen LogP contribution is 2.46. The number of nitrogens with one attached hydrogen (secondary N) is 1. The minimum atomic E-state index is -3.92. The number of allylic oxidation sites excluding steroid dienone is 1. The maximum Gasteiger partial charge on any atom is 0.265 e. The van der Waals surface area contributed by atoms with Gasteiger partial charge in [-0.05, 0) is 48.4 Å². The van der Waals surface area contributed by atoms with Gasteiger partial charge in [-0.25, -0.2) is 4.39 Å². The highest BCUT2D eigenvalue weighted by atomic mass is 35.5. The lowest BCUT2D eigenvalue weighted by molar-refractivity contribution is 0.0997. The summed E-state index contributed by atoms with van der Waals surface area (Å²) in [5.41, 5.74) is 6.64. The lowest BCUT2D eigenvalue weighted by Gasteiger charge is -2.19. The number of aliphatic hydroxyl groups excluding tert-OH is 1. The summed E-state index contributed by atoms with van der Waals surface area (Å²) < 4.78 is 28.9. The molecule has 0 aliphatic heterocycles. The Balaban J connectivity index is 2.42. The number of nitrogens with zero attached hydrogens (tertiary/aromatic N) is 1. The molecule has 0 radical (unpaired) electrons. The van der Waals surface area contributed by atoms with Crippen LogP contribution < -0.4 is 16.3 Å². The standard InChI is InChI=1S/C20H16ClFN3O3P/c1-11-7-12(3-2-6-23)9-13(8-11)29(28,10-26)19-16-15(25-18(19)20(24)27)5-4-14(21)17(16)22/h2-5,7-9,25-26H,10H2,1H3,(H2,24,27)/b3-2+/t29-/m0/s1. The van der Waals surface area contributed by atoms with Gasteiger partial charge < -0.3 is 20.4 Å². The fourth-order valence-electron chi connectivity index (χ4n) is 3.26. The molecule has 3 rings (SSSR count). The third-order valence-electron chi connectivity index (χ3n) is 4.49. The van der Waals surface area contributed by atoms with E-state index in [1.54, 1.807) is 19.1 Å². The van der Waals surface area contributed by atoms with Crippen molar-refractivity contribution in [2.45, 2.75) is 6.92 Å². The summed E-state index contributed by atoms with van der Waals surface area (Å²) in [4.78, 5) is 14.7. The van der Waals surface area contributed by atoms with Crippen molar-refractivity contribution in [2.24, 2.45) is 5.73 Å². The van der Waals surface area contributed by atoms with E-state index in [9.17, 15) is 18.9 Å². The van der Waals surface area contributed by atoms with E-state index in [0.29, 0.717) is 11.1 Å². The summed E-state index contributed by atoms with van der Waals surface area (Å²) in [6.45, 7) is 1.75. The van der Waals surface area contributed by atoms with Crippen LogP contribution in [0, 0.1) is 24.1 Å². The Kier molecular flexibility index (Phi) is 5.63. The molecule has 1 atom stereocenters. The Bertz CT molecular complexity index is 1260. The lowest BCUT2D eigenvalue weighted by Crippen LogP contribution is -2.27. The number of nitrogens with two attached hydrogens (primary N) is 1. The average Bonchev–Trinajstić information content (AvgIpc) is 3.09. The highest BCUT2D eigenvalue weighted by molar-refractivity contribution is 7.79. The van der Waals surface area contributed by atoms with E-state index in [0.717, 1.165) is 0 Å². The average molecular weight is 432 g/mol. The minimum Gasteiger partial charge on any atom is -0.388 e. The fraction of sp³-hybridized carbons (Fsp3) is 0.100. The first-order valence-corrected chi connectivity index (χ1v) is 10.7. The molecule has 9 heteroatoms. The van der Waals surface area contributed by atoms with Gasteiger partial charge in [-0.3, -0.25) is 4.79 Å². The zero-order valence-electron chi connectivity index (χ0n) is 15.2. The van der Waals surface area contributed by atoms with Crippen molar-refractivity contribution in [3.05, 3.63) is 64.1 Å². The largest absolute Gasteiger partial charge is 0.388 e. The lowest BCUT2D eigenvalue weighted by atomic mass is 10.1. The van der Waals surface area contributed by atoms with Gasteiger partial charge in [-0.15, -0.1) is 0 Å². The number of hydrogen-bond donors (Lipinski definition) is 3. The SMILES string of the molecule is Cc1cc(/C=C/C#N)cc([P@@](=O)(CO)c2c(C(N)=O)[nH]c3ccc(Cl)c(F)c23)c1. The second kappa shape index (κ2) is 7.84. The Morgan fingerprint density at radius 1 is 1.41 bits per heavy atom. The van der Waals surface area contributed by atoms with E-state index in [1.807, 2.05) is 6.07 Å². The molecule has 0 saturated heterocycles. The number of primary amides is 1. The first kappa shape index (κ1) is 20.8. The van der Waals surface area contributed by atoms with Crippen molar-refractivity contribution in [3.8, 4) is 6.07 Å². The van der Waals surface area contributed by atoms with Crippen molar-refractivity contribution in [1.29, 1.82) is 5.26 Å². The molecule has 4 N–H and O–H groups in total. The van der Waals surface area contributed by atoms with Crippen LogP contribution in [0.15, 0.2) is 36.4 Å². The number of nitriles is 1. The molecular formula is C20H16ClFN3O3P. The number of hydrogen-bond acceptors (Lipinski definition) is 4. The van der Waals surface area contributed by atoms with E-state index in [2.05, 4.69) is 4.98 Å². The molecule has 0 aliphatic carbocycles. The molecule has 2 aromatic carbocycles. The third-order valence-corrected chi connectivity index (χ3v) is 7.44. The minimum absolute atomic E-state index is 0.153. The number of carbonyl (C=O) groups excluding carboxylic acids is 1. The van der Waals surface area contributed by atoms with Crippen molar-refractivity contribution in [2.75, 3.05) is 6.35 Å². The Morgan fingerprint density at radius 3 is 2.76 bits per heavy atom. The zero-order chi connectivity index (χ0) is 21.3. The van der Waals surface area contributed by atoms with Gasteiger partial charge in [-0.2, -0.15) is 5.26 Å². The van der Waals surface area contributed by atoms with Crippen LogP contribution in [0.1, 0.15) is 21.6 Å². The second-order valence-electron chi connectivity index (χ2n) is 6.44. The predicted octanol–water partition coefficient (Wildman–Crippen LogP) is 3.17. The number of aryl methyl sites for hydroxylation is 1. The van der Waals surface area contributed by atoms with Crippen LogP contribution in [0.2, 0.25) is 5.02 Å². The van der Waals surface area contributed by atoms with Crippen molar-refractivity contribution in [1.82, 2.24) is 4.98 Å². The van der Waals surface area contributed by atoms with Crippen molar-refractivity contribution < 1.29 is 18.9 Å². The number of fused-ring (bicyclic) bond motifs is 1. The Morgan fingerprint density at radius 2 is 2.14 bits per heavy atom. The second-order valence-corrected chi connectivity index (χ2v) is 9.58. The molecule has 0 spiro atoms. The Hall–Kier alpha value is -2.91. The number of halogens is 2. The van der Waals surface area contributed by atoms with E-state index in [1.165, 1.54) is 30.4 Å². The summed E-state index contributed by atoms with van der Waals surface area (Å²) in [6, 6.07) is 9.45. The first-order chi connectivity index (χ1) is 13.7. The zero-order valence-corrected chi connectivity index (χ0v) is 16.9. The van der Waals surface area contributed by atoms with E-state index < -0.39 is 25.2 Å². The maximum absolute atomic E-state index is 14.9. The van der Waals surface area contributed by atoms with Gasteiger partial charge in [0.25, 0.3) is 5.91 Å². The van der Waals surface area contributed by atoms with Crippen LogP contribution in [0.5, 0.6) is 0 Å². The number of aromatic amines is 1. The normalized spacial score (nSPS) is 13.5. The van der Waals surface area contributed by atoms with Gasteiger partial charge in [0.15, 0.2) is 13.0 Å².